The molecule has 0 spiro atoms. The first-order valence-corrected chi connectivity index (χ1v) is 8.88. The Labute approximate surface area is 149 Å². The van der Waals surface area contributed by atoms with Crippen LogP contribution in [0, 0.1) is 5.92 Å². The number of nitrogens with two attached hydrogens (primary N) is 1. The molecule has 2 N–H and O–H groups in total. The van der Waals surface area contributed by atoms with Crippen LogP contribution in [-0.4, -0.2) is 54.0 Å². The van der Waals surface area contributed by atoms with Crippen molar-refractivity contribution in [3.8, 4) is 0 Å². The lowest BCUT2D eigenvalue weighted by Gasteiger charge is -2.38. The van der Waals surface area contributed by atoms with Crippen molar-refractivity contribution in [3.05, 3.63) is 35.9 Å². The van der Waals surface area contributed by atoms with Crippen LogP contribution in [0.5, 0.6) is 0 Å². The van der Waals surface area contributed by atoms with E-state index in [1.54, 1.807) is 16.8 Å². The second-order valence-electron chi connectivity index (χ2n) is 7.00. The first-order chi connectivity index (χ1) is 11.9. The highest BCUT2D eigenvalue weighted by molar-refractivity contribution is 5.82. The smallest absolute Gasteiger partial charge is 0.410 e. The van der Waals surface area contributed by atoms with Crippen LogP contribution in [0.1, 0.15) is 32.3 Å². The highest BCUT2D eigenvalue weighted by Gasteiger charge is 2.31. The van der Waals surface area contributed by atoms with E-state index >= 15 is 0 Å². The maximum Gasteiger partial charge on any atom is 0.410 e. The van der Waals surface area contributed by atoms with Gasteiger partial charge in [-0.25, -0.2) is 4.79 Å². The van der Waals surface area contributed by atoms with Gasteiger partial charge in [-0.05, 0) is 24.3 Å². The van der Waals surface area contributed by atoms with Gasteiger partial charge >= 0.3 is 6.09 Å². The molecule has 2 atom stereocenters. The Balaban J connectivity index is 1.88. The zero-order valence-electron chi connectivity index (χ0n) is 15.4. The summed E-state index contributed by atoms with van der Waals surface area (Å²) >= 11 is 0. The SMILES string of the molecule is CC(C)[C@H](N)C(=O)N1CCC[C@@H](N(C)C(=O)OCc2ccccc2)C1. The fourth-order valence-corrected chi connectivity index (χ4v) is 2.94. The van der Waals surface area contributed by atoms with E-state index < -0.39 is 6.04 Å². The van der Waals surface area contributed by atoms with Crippen LogP contribution < -0.4 is 5.73 Å². The average Bonchev–Trinajstić information content (AvgIpc) is 2.65. The lowest BCUT2D eigenvalue weighted by Crippen LogP contribution is -2.54. The summed E-state index contributed by atoms with van der Waals surface area (Å²) in [5.74, 6) is 0.0622. The number of likely N-dealkylation sites (N-methyl/N-ethyl adjacent to an activating group) is 1. The molecule has 1 aromatic carbocycles. The quantitative estimate of drug-likeness (QED) is 0.886. The van der Waals surface area contributed by atoms with E-state index in [4.69, 9.17) is 10.5 Å². The van der Waals surface area contributed by atoms with E-state index in [-0.39, 0.29) is 30.6 Å². The van der Waals surface area contributed by atoms with Gasteiger partial charge in [0.15, 0.2) is 0 Å². The van der Waals surface area contributed by atoms with E-state index in [0.717, 1.165) is 18.4 Å². The summed E-state index contributed by atoms with van der Waals surface area (Å²) in [6.45, 7) is 5.34. The predicted octanol–water partition coefficient (Wildman–Crippen LogP) is 2.23. The van der Waals surface area contributed by atoms with Crippen LogP contribution in [0.2, 0.25) is 0 Å². The Hall–Kier alpha value is -2.08. The van der Waals surface area contributed by atoms with Crippen molar-refractivity contribution < 1.29 is 14.3 Å². The summed E-state index contributed by atoms with van der Waals surface area (Å²) in [7, 11) is 1.73. The minimum Gasteiger partial charge on any atom is -0.445 e. The van der Waals surface area contributed by atoms with Crippen molar-refractivity contribution in [2.24, 2.45) is 11.7 Å². The van der Waals surface area contributed by atoms with Crippen molar-refractivity contribution in [1.29, 1.82) is 0 Å². The molecule has 25 heavy (non-hydrogen) atoms. The molecule has 0 radical (unpaired) electrons. The minimum absolute atomic E-state index is 0.0363. The second kappa shape index (κ2) is 8.85. The maximum absolute atomic E-state index is 12.5. The zero-order valence-corrected chi connectivity index (χ0v) is 15.4. The van der Waals surface area contributed by atoms with Gasteiger partial charge in [-0.3, -0.25) is 4.79 Å². The van der Waals surface area contributed by atoms with Crippen molar-refractivity contribution >= 4 is 12.0 Å². The van der Waals surface area contributed by atoms with Crippen molar-refractivity contribution in [2.45, 2.75) is 45.4 Å². The number of hydrogen-bond donors (Lipinski definition) is 1. The fourth-order valence-electron chi connectivity index (χ4n) is 2.94. The van der Waals surface area contributed by atoms with Crippen LogP contribution in [0.3, 0.4) is 0 Å². The number of rotatable bonds is 5. The van der Waals surface area contributed by atoms with Gasteiger partial charge in [-0.15, -0.1) is 0 Å². The molecule has 6 heteroatoms. The normalized spacial score (nSPS) is 18.8. The third-order valence-corrected chi connectivity index (χ3v) is 4.75. The molecule has 0 bridgehead atoms. The number of piperidine rings is 1. The molecule has 0 saturated carbocycles. The number of carbonyl (C=O) groups is 2. The zero-order chi connectivity index (χ0) is 18.4. The van der Waals surface area contributed by atoms with Gasteiger partial charge in [-0.2, -0.15) is 0 Å². The number of nitrogens with zero attached hydrogens (tertiary/aromatic N) is 2. The number of carbonyl (C=O) groups excluding carboxylic acids is 2. The number of hydrogen-bond acceptors (Lipinski definition) is 4. The molecule has 138 valence electrons. The Morgan fingerprint density at radius 1 is 1.32 bits per heavy atom. The molecule has 1 aliphatic heterocycles. The first kappa shape index (κ1) is 19.2. The van der Waals surface area contributed by atoms with Crippen LogP contribution in [-0.2, 0) is 16.1 Å². The number of amides is 2. The highest BCUT2D eigenvalue weighted by atomic mass is 16.6. The van der Waals surface area contributed by atoms with Crippen molar-refractivity contribution in [2.75, 3.05) is 20.1 Å². The van der Waals surface area contributed by atoms with E-state index in [2.05, 4.69) is 0 Å². The lowest BCUT2D eigenvalue weighted by molar-refractivity contribution is -0.135. The predicted molar refractivity (Wildman–Crippen MR) is 96.8 cm³/mol. The number of likely N-dealkylation sites (tertiary alicyclic amines) is 1. The molecule has 0 aromatic heterocycles. The molecule has 1 aliphatic rings. The molecule has 0 unspecified atom stereocenters. The average molecular weight is 347 g/mol. The highest BCUT2D eigenvalue weighted by Crippen LogP contribution is 2.18. The molecule has 2 rings (SSSR count). The largest absolute Gasteiger partial charge is 0.445 e. The lowest BCUT2D eigenvalue weighted by atomic mass is 10.00. The third-order valence-electron chi connectivity index (χ3n) is 4.75. The topological polar surface area (TPSA) is 75.9 Å². The monoisotopic (exact) mass is 347 g/mol. The molecule has 1 aromatic rings. The van der Waals surface area contributed by atoms with Gasteiger partial charge < -0.3 is 20.3 Å². The van der Waals surface area contributed by atoms with Gasteiger partial charge in [0.05, 0.1) is 12.1 Å². The van der Waals surface area contributed by atoms with Crippen LogP contribution in [0.25, 0.3) is 0 Å². The maximum atomic E-state index is 12.5. The fraction of sp³-hybridized carbons (Fsp3) is 0.579. The van der Waals surface area contributed by atoms with E-state index in [1.165, 1.54) is 0 Å². The van der Waals surface area contributed by atoms with Gasteiger partial charge in [0.2, 0.25) is 5.91 Å². The van der Waals surface area contributed by atoms with E-state index in [0.29, 0.717) is 13.1 Å². The molecule has 1 heterocycles. The van der Waals surface area contributed by atoms with E-state index in [1.807, 2.05) is 44.2 Å². The van der Waals surface area contributed by atoms with Gasteiger partial charge in [-0.1, -0.05) is 44.2 Å². The summed E-state index contributed by atoms with van der Waals surface area (Å²) in [6, 6.07) is 9.05. The van der Waals surface area contributed by atoms with Crippen LogP contribution >= 0.6 is 0 Å². The Kier molecular flexibility index (Phi) is 6.82. The molecular weight excluding hydrogens is 318 g/mol. The number of ether oxygens (including phenoxy) is 1. The number of benzene rings is 1. The van der Waals surface area contributed by atoms with Crippen molar-refractivity contribution in [3.63, 3.8) is 0 Å². The molecule has 0 aliphatic carbocycles. The van der Waals surface area contributed by atoms with Crippen LogP contribution in [0.4, 0.5) is 4.79 Å². The summed E-state index contributed by atoms with van der Waals surface area (Å²) in [5.41, 5.74) is 6.94. The molecule has 2 amide bonds. The summed E-state index contributed by atoms with van der Waals surface area (Å²) < 4.78 is 5.38. The molecular formula is C19H29N3O3. The third kappa shape index (κ3) is 5.19. The van der Waals surface area contributed by atoms with Gasteiger partial charge in [0.1, 0.15) is 6.61 Å². The van der Waals surface area contributed by atoms with Crippen LogP contribution in [0.15, 0.2) is 30.3 Å². The minimum atomic E-state index is -0.492. The van der Waals surface area contributed by atoms with Gasteiger partial charge in [0.25, 0.3) is 0 Å². The first-order valence-electron chi connectivity index (χ1n) is 8.88. The Morgan fingerprint density at radius 3 is 2.64 bits per heavy atom. The molecule has 1 fully saturated rings. The Morgan fingerprint density at radius 2 is 2.00 bits per heavy atom. The molecule has 6 nitrogen and oxygen atoms in total. The second-order valence-corrected chi connectivity index (χ2v) is 7.00. The van der Waals surface area contributed by atoms with E-state index in [9.17, 15) is 9.59 Å². The Bertz CT molecular complexity index is 577. The summed E-state index contributed by atoms with van der Waals surface area (Å²) in [6.07, 6.45) is 1.35. The van der Waals surface area contributed by atoms with Crippen molar-refractivity contribution in [1.82, 2.24) is 9.80 Å². The van der Waals surface area contributed by atoms with Gasteiger partial charge in [0, 0.05) is 20.1 Å². The summed E-state index contributed by atoms with van der Waals surface area (Å²) in [5, 5.41) is 0. The summed E-state index contributed by atoms with van der Waals surface area (Å²) in [4.78, 5) is 28.1. The molecule has 1 saturated heterocycles. The standard InChI is InChI=1S/C19H29N3O3/c1-14(2)17(20)18(23)22-11-7-10-16(12-22)21(3)19(24)25-13-15-8-5-4-6-9-15/h4-6,8-9,14,16-17H,7,10-13,20H2,1-3H3/t16-,17+/m1/s1.